The zero-order chi connectivity index (χ0) is 14.5. The second-order valence-electron chi connectivity index (χ2n) is 4.72. The Morgan fingerprint density at radius 1 is 1.45 bits per heavy atom. The van der Waals surface area contributed by atoms with Crippen LogP contribution < -0.4 is 5.32 Å². The molecule has 0 aromatic carbocycles. The predicted octanol–water partition coefficient (Wildman–Crippen LogP) is 1.65. The van der Waals surface area contributed by atoms with Gasteiger partial charge in [0.2, 0.25) is 0 Å². The summed E-state index contributed by atoms with van der Waals surface area (Å²) in [5.41, 5.74) is 2.23. The number of aromatic nitrogens is 4. The number of amides is 1. The molecule has 1 unspecified atom stereocenters. The van der Waals surface area contributed by atoms with Crippen molar-refractivity contribution in [3.05, 3.63) is 41.7 Å². The molecule has 0 saturated carbocycles. The molecule has 2 heterocycles. The molecule has 0 aliphatic rings. The zero-order valence-corrected chi connectivity index (χ0v) is 12.0. The molecule has 2 aromatic heterocycles. The first-order valence-corrected chi connectivity index (χ1v) is 6.71. The molecule has 20 heavy (non-hydrogen) atoms. The van der Waals surface area contributed by atoms with E-state index in [1.165, 1.54) is 0 Å². The molecular weight excluding hydrogens is 254 g/mol. The third-order valence-corrected chi connectivity index (χ3v) is 3.04. The van der Waals surface area contributed by atoms with E-state index in [0.29, 0.717) is 5.69 Å². The molecule has 6 heteroatoms. The van der Waals surface area contributed by atoms with E-state index in [0.717, 1.165) is 24.2 Å². The number of carbonyl (C=O) groups is 1. The minimum absolute atomic E-state index is 0.152. The van der Waals surface area contributed by atoms with E-state index in [2.05, 4.69) is 27.3 Å². The van der Waals surface area contributed by atoms with Gasteiger partial charge in [-0.25, -0.2) is 0 Å². The number of hydrogen-bond acceptors (Lipinski definition) is 4. The van der Waals surface area contributed by atoms with Crippen molar-refractivity contribution >= 4 is 5.91 Å². The molecule has 0 fully saturated rings. The van der Waals surface area contributed by atoms with Gasteiger partial charge in [-0.3, -0.25) is 19.4 Å². The summed E-state index contributed by atoms with van der Waals surface area (Å²) in [5.74, 6) is -0.152. The van der Waals surface area contributed by atoms with Crippen LogP contribution >= 0.6 is 0 Å². The topological polar surface area (TPSA) is 72.7 Å². The molecule has 1 atom stereocenters. The quantitative estimate of drug-likeness (QED) is 0.899. The average molecular weight is 273 g/mol. The lowest BCUT2D eigenvalue weighted by atomic mass is 10.2. The van der Waals surface area contributed by atoms with Crippen molar-refractivity contribution in [1.29, 1.82) is 0 Å². The minimum atomic E-state index is -0.194. The molecule has 2 rings (SSSR count). The first-order chi connectivity index (χ1) is 9.61. The Hall–Kier alpha value is -2.24. The number of nitrogens with one attached hydrogen (secondary N) is 1. The molecule has 0 spiro atoms. The second kappa shape index (κ2) is 6.27. The maximum atomic E-state index is 12.2. The fraction of sp³-hybridized carbons (Fsp3) is 0.429. The van der Waals surface area contributed by atoms with Crippen LogP contribution in [-0.4, -0.2) is 25.7 Å². The van der Waals surface area contributed by atoms with Crippen molar-refractivity contribution < 1.29 is 4.79 Å². The minimum Gasteiger partial charge on any atom is -0.343 e. The standard InChI is InChI=1S/C14H19N5O/c1-4-5-11-8-13(19(3)18-11)14(20)17-10(2)12-9-15-6-7-16-12/h6-10H,4-5H2,1-3H3,(H,17,20). The van der Waals surface area contributed by atoms with Crippen LogP contribution in [0.1, 0.15) is 48.2 Å². The van der Waals surface area contributed by atoms with E-state index in [9.17, 15) is 4.79 Å². The summed E-state index contributed by atoms with van der Waals surface area (Å²) in [5, 5.41) is 7.24. The Morgan fingerprint density at radius 2 is 2.25 bits per heavy atom. The van der Waals surface area contributed by atoms with Crippen LogP contribution in [0.3, 0.4) is 0 Å². The highest BCUT2D eigenvalue weighted by atomic mass is 16.2. The number of nitrogens with zero attached hydrogens (tertiary/aromatic N) is 4. The summed E-state index contributed by atoms with van der Waals surface area (Å²) in [4.78, 5) is 20.4. The molecule has 1 N–H and O–H groups in total. The molecule has 0 aliphatic heterocycles. The van der Waals surface area contributed by atoms with Crippen molar-refractivity contribution in [2.75, 3.05) is 0 Å². The summed E-state index contributed by atoms with van der Waals surface area (Å²) in [6.45, 7) is 3.97. The van der Waals surface area contributed by atoms with Gasteiger partial charge >= 0.3 is 0 Å². The maximum absolute atomic E-state index is 12.2. The SMILES string of the molecule is CCCc1cc(C(=O)NC(C)c2cnccn2)n(C)n1. The lowest BCUT2D eigenvalue weighted by Crippen LogP contribution is -2.28. The molecule has 106 valence electrons. The molecule has 6 nitrogen and oxygen atoms in total. The Kier molecular flexibility index (Phi) is 4.45. The van der Waals surface area contributed by atoms with E-state index in [1.807, 2.05) is 13.0 Å². The van der Waals surface area contributed by atoms with Crippen LogP contribution in [0.15, 0.2) is 24.7 Å². The van der Waals surface area contributed by atoms with Gasteiger partial charge in [0.05, 0.1) is 23.6 Å². The Morgan fingerprint density at radius 3 is 2.90 bits per heavy atom. The third-order valence-electron chi connectivity index (χ3n) is 3.04. The number of hydrogen-bond donors (Lipinski definition) is 1. The van der Waals surface area contributed by atoms with Crippen molar-refractivity contribution in [3.8, 4) is 0 Å². The van der Waals surface area contributed by atoms with Crippen LogP contribution in [0, 0.1) is 0 Å². The lowest BCUT2D eigenvalue weighted by Gasteiger charge is -2.12. The Labute approximate surface area is 118 Å². The second-order valence-corrected chi connectivity index (χ2v) is 4.72. The highest BCUT2D eigenvalue weighted by molar-refractivity contribution is 5.92. The van der Waals surface area contributed by atoms with Crippen molar-refractivity contribution in [3.63, 3.8) is 0 Å². The Balaban J connectivity index is 2.08. The van der Waals surface area contributed by atoms with E-state index in [1.54, 1.807) is 30.3 Å². The van der Waals surface area contributed by atoms with Crippen molar-refractivity contribution in [2.45, 2.75) is 32.7 Å². The fourth-order valence-corrected chi connectivity index (χ4v) is 2.00. The third kappa shape index (κ3) is 3.20. The summed E-state index contributed by atoms with van der Waals surface area (Å²) in [6, 6.07) is 1.64. The highest BCUT2D eigenvalue weighted by Crippen LogP contribution is 2.10. The molecule has 1 amide bonds. The van der Waals surface area contributed by atoms with Crippen molar-refractivity contribution in [2.24, 2.45) is 7.05 Å². The first-order valence-electron chi connectivity index (χ1n) is 6.71. The molecule has 0 bridgehead atoms. The summed E-state index contributed by atoms with van der Waals surface area (Å²) in [6.07, 6.45) is 6.75. The van der Waals surface area contributed by atoms with Crippen LogP contribution in [0.5, 0.6) is 0 Å². The average Bonchev–Trinajstić information content (AvgIpc) is 2.81. The van der Waals surface area contributed by atoms with E-state index in [-0.39, 0.29) is 11.9 Å². The van der Waals surface area contributed by atoms with E-state index < -0.39 is 0 Å². The van der Waals surface area contributed by atoms with E-state index in [4.69, 9.17) is 0 Å². The monoisotopic (exact) mass is 273 g/mol. The molecular formula is C14H19N5O. The van der Waals surface area contributed by atoms with Gasteiger partial charge in [-0.2, -0.15) is 5.10 Å². The smallest absolute Gasteiger partial charge is 0.270 e. The maximum Gasteiger partial charge on any atom is 0.270 e. The van der Waals surface area contributed by atoms with Gasteiger partial charge in [0.1, 0.15) is 5.69 Å². The van der Waals surface area contributed by atoms with Crippen LogP contribution in [-0.2, 0) is 13.5 Å². The van der Waals surface area contributed by atoms with Gasteiger partial charge in [0.15, 0.2) is 0 Å². The predicted molar refractivity (Wildman–Crippen MR) is 75.1 cm³/mol. The van der Waals surface area contributed by atoms with Gasteiger partial charge in [-0.1, -0.05) is 13.3 Å². The van der Waals surface area contributed by atoms with Gasteiger partial charge < -0.3 is 5.32 Å². The van der Waals surface area contributed by atoms with Gasteiger partial charge in [-0.15, -0.1) is 0 Å². The molecule has 0 radical (unpaired) electrons. The molecule has 0 aliphatic carbocycles. The number of rotatable bonds is 5. The fourth-order valence-electron chi connectivity index (χ4n) is 2.00. The van der Waals surface area contributed by atoms with Crippen LogP contribution in [0.25, 0.3) is 0 Å². The van der Waals surface area contributed by atoms with E-state index >= 15 is 0 Å². The van der Waals surface area contributed by atoms with Gasteiger partial charge in [0, 0.05) is 19.4 Å². The van der Waals surface area contributed by atoms with Gasteiger partial charge in [-0.05, 0) is 19.4 Å². The Bertz CT molecular complexity index is 579. The largest absolute Gasteiger partial charge is 0.343 e. The van der Waals surface area contributed by atoms with Gasteiger partial charge in [0.25, 0.3) is 5.91 Å². The summed E-state index contributed by atoms with van der Waals surface area (Å²) in [7, 11) is 1.78. The number of aryl methyl sites for hydroxylation is 2. The zero-order valence-electron chi connectivity index (χ0n) is 12.0. The van der Waals surface area contributed by atoms with Crippen LogP contribution in [0.2, 0.25) is 0 Å². The lowest BCUT2D eigenvalue weighted by molar-refractivity contribution is 0.0929. The van der Waals surface area contributed by atoms with Crippen LogP contribution in [0.4, 0.5) is 0 Å². The molecule has 2 aromatic rings. The number of carbonyl (C=O) groups excluding carboxylic acids is 1. The normalized spacial score (nSPS) is 12.2. The summed E-state index contributed by atoms with van der Waals surface area (Å²) < 4.78 is 1.61. The molecule has 0 saturated heterocycles. The summed E-state index contributed by atoms with van der Waals surface area (Å²) >= 11 is 0. The highest BCUT2D eigenvalue weighted by Gasteiger charge is 2.16. The van der Waals surface area contributed by atoms with Crippen molar-refractivity contribution in [1.82, 2.24) is 25.1 Å². The first kappa shape index (κ1) is 14.2.